The SMILES string of the molecule is O=C(CSc1nnc(Cc2ccccc2)n1C1CCCCC1)Nc1cccc(C(F)(F)F)c1. The van der Waals surface area contributed by atoms with Crippen molar-refractivity contribution in [2.45, 2.75) is 55.9 Å². The van der Waals surface area contributed by atoms with Gasteiger partial charge in [0.25, 0.3) is 0 Å². The minimum Gasteiger partial charge on any atom is -0.325 e. The lowest BCUT2D eigenvalue weighted by Crippen LogP contribution is -2.18. The third-order valence-electron chi connectivity index (χ3n) is 5.69. The Kier molecular flexibility index (Phi) is 7.37. The number of thioether (sulfide) groups is 1. The van der Waals surface area contributed by atoms with Gasteiger partial charge in [-0.2, -0.15) is 13.2 Å². The molecule has 0 unspecified atom stereocenters. The lowest BCUT2D eigenvalue weighted by Gasteiger charge is -2.25. The molecule has 1 amide bonds. The second kappa shape index (κ2) is 10.4. The van der Waals surface area contributed by atoms with Crippen LogP contribution in [-0.4, -0.2) is 26.4 Å². The number of benzene rings is 2. The molecule has 0 aliphatic heterocycles. The van der Waals surface area contributed by atoms with E-state index in [-0.39, 0.29) is 17.3 Å². The predicted octanol–water partition coefficient (Wildman–Crippen LogP) is 6.12. The molecule has 2 aromatic carbocycles. The van der Waals surface area contributed by atoms with Crippen molar-refractivity contribution in [2.24, 2.45) is 0 Å². The summed E-state index contributed by atoms with van der Waals surface area (Å²) in [4.78, 5) is 12.5. The average molecular weight is 475 g/mol. The van der Waals surface area contributed by atoms with E-state index in [0.717, 1.165) is 49.2 Å². The zero-order valence-corrected chi connectivity index (χ0v) is 18.8. The molecular formula is C24H25F3N4OS. The molecule has 0 bridgehead atoms. The molecule has 0 atom stereocenters. The normalized spacial score (nSPS) is 14.9. The smallest absolute Gasteiger partial charge is 0.325 e. The molecule has 3 aromatic rings. The molecule has 0 radical (unpaired) electrons. The van der Waals surface area contributed by atoms with Crippen LogP contribution in [0, 0.1) is 0 Å². The van der Waals surface area contributed by atoms with E-state index < -0.39 is 11.7 Å². The molecule has 1 fully saturated rings. The van der Waals surface area contributed by atoms with Crippen LogP contribution in [0.25, 0.3) is 0 Å². The predicted molar refractivity (Wildman–Crippen MR) is 122 cm³/mol. The Balaban J connectivity index is 1.46. The van der Waals surface area contributed by atoms with E-state index in [0.29, 0.717) is 17.6 Å². The molecule has 5 nitrogen and oxygen atoms in total. The Morgan fingerprint density at radius 1 is 1.03 bits per heavy atom. The highest BCUT2D eigenvalue weighted by Gasteiger charge is 2.30. The Bertz CT molecular complexity index is 1080. The van der Waals surface area contributed by atoms with Crippen molar-refractivity contribution in [3.05, 3.63) is 71.5 Å². The first-order valence-electron chi connectivity index (χ1n) is 11.0. The number of hydrogen-bond donors (Lipinski definition) is 1. The van der Waals surface area contributed by atoms with E-state index in [1.807, 2.05) is 18.2 Å². The first-order chi connectivity index (χ1) is 15.9. The maximum atomic E-state index is 12.9. The average Bonchev–Trinajstić information content (AvgIpc) is 3.21. The van der Waals surface area contributed by atoms with Crippen LogP contribution < -0.4 is 5.32 Å². The van der Waals surface area contributed by atoms with Gasteiger partial charge in [0.2, 0.25) is 5.91 Å². The largest absolute Gasteiger partial charge is 0.416 e. The maximum Gasteiger partial charge on any atom is 0.416 e. The van der Waals surface area contributed by atoms with Gasteiger partial charge < -0.3 is 9.88 Å². The van der Waals surface area contributed by atoms with Crippen molar-refractivity contribution in [1.82, 2.24) is 14.8 Å². The number of rotatable bonds is 7. The number of carbonyl (C=O) groups is 1. The van der Waals surface area contributed by atoms with Crippen LogP contribution in [0.2, 0.25) is 0 Å². The maximum absolute atomic E-state index is 12.9. The Hall–Kier alpha value is -2.81. The molecule has 1 N–H and O–H groups in total. The number of aromatic nitrogens is 3. The summed E-state index contributed by atoms with van der Waals surface area (Å²) >= 11 is 1.26. The first kappa shape index (κ1) is 23.4. The van der Waals surface area contributed by atoms with Crippen LogP contribution in [0.1, 0.15) is 55.1 Å². The third-order valence-corrected chi connectivity index (χ3v) is 6.63. The number of alkyl halides is 3. The molecule has 1 aliphatic rings. The highest BCUT2D eigenvalue weighted by Crippen LogP contribution is 2.34. The van der Waals surface area contributed by atoms with Crippen molar-refractivity contribution in [2.75, 3.05) is 11.1 Å². The number of nitrogens with one attached hydrogen (secondary N) is 1. The van der Waals surface area contributed by atoms with E-state index in [2.05, 4.69) is 32.2 Å². The third kappa shape index (κ3) is 6.16. The van der Waals surface area contributed by atoms with Gasteiger partial charge in [0.05, 0.1) is 11.3 Å². The van der Waals surface area contributed by atoms with Crippen molar-refractivity contribution >= 4 is 23.4 Å². The Morgan fingerprint density at radius 3 is 2.52 bits per heavy atom. The molecule has 0 saturated heterocycles. The van der Waals surface area contributed by atoms with Gasteiger partial charge >= 0.3 is 6.18 Å². The highest BCUT2D eigenvalue weighted by molar-refractivity contribution is 7.99. The highest BCUT2D eigenvalue weighted by atomic mass is 32.2. The summed E-state index contributed by atoms with van der Waals surface area (Å²) in [5.41, 5.74) is 0.463. The van der Waals surface area contributed by atoms with Crippen molar-refractivity contribution in [1.29, 1.82) is 0 Å². The summed E-state index contributed by atoms with van der Waals surface area (Å²) in [7, 11) is 0. The topological polar surface area (TPSA) is 59.8 Å². The molecule has 0 spiro atoms. The molecule has 1 heterocycles. The second-order valence-electron chi connectivity index (χ2n) is 8.14. The zero-order chi connectivity index (χ0) is 23.3. The molecule has 174 valence electrons. The fourth-order valence-corrected chi connectivity index (χ4v) is 4.94. The zero-order valence-electron chi connectivity index (χ0n) is 18.0. The summed E-state index contributed by atoms with van der Waals surface area (Å²) in [5, 5.41) is 12.0. The Labute approximate surface area is 194 Å². The van der Waals surface area contributed by atoms with E-state index >= 15 is 0 Å². The van der Waals surface area contributed by atoms with Gasteiger partial charge in [-0.1, -0.05) is 67.4 Å². The molecule has 9 heteroatoms. The number of halogens is 3. The van der Waals surface area contributed by atoms with Gasteiger partial charge in [-0.25, -0.2) is 0 Å². The summed E-state index contributed by atoms with van der Waals surface area (Å²) in [6, 6.07) is 15.0. The van der Waals surface area contributed by atoms with Crippen LogP contribution in [0.5, 0.6) is 0 Å². The number of anilines is 1. The van der Waals surface area contributed by atoms with Crippen LogP contribution in [0.4, 0.5) is 18.9 Å². The van der Waals surface area contributed by atoms with Crippen LogP contribution in [0.15, 0.2) is 59.8 Å². The fourth-order valence-electron chi connectivity index (χ4n) is 4.11. The number of amides is 1. The second-order valence-corrected chi connectivity index (χ2v) is 9.08. The van der Waals surface area contributed by atoms with Crippen LogP contribution >= 0.6 is 11.8 Å². The summed E-state index contributed by atoms with van der Waals surface area (Å²) in [6.45, 7) is 0. The number of hydrogen-bond acceptors (Lipinski definition) is 4. The minimum atomic E-state index is -4.46. The van der Waals surface area contributed by atoms with Gasteiger partial charge in [-0.15, -0.1) is 10.2 Å². The molecule has 1 saturated carbocycles. The summed E-state index contributed by atoms with van der Waals surface area (Å²) in [6.07, 6.45) is 1.80. The van der Waals surface area contributed by atoms with E-state index in [9.17, 15) is 18.0 Å². The van der Waals surface area contributed by atoms with Gasteiger partial charge in [0, 0.05) is 18.2 Å². The van der Waals surface area contributed by atoms with Crippen molar-refractivity contribution in [3.8, 4) is 0 Å². The van der Waals surface area contributed by atoms with E-state index in [4.69, 9.17) is 0 Å². The first-order valence-corrected chi connectivity index (χ1v) is 12.0. The lowest BCUT2D eigenvalue weighted by molar-refractivity contribution is -0.137. The molecule has 1 aliphatic carbocycles. The van der Waals surface area contributed by atoms with Crippen molar-refractivity contribution in [3.63, 3.8) is 0 Å². The molecule has 4 rings (SSSR count). The molecular weight excluding hydrogens is 449 g/mol. The van der Waals surface area contributed by atoms with E-state index in [1.165, 1.54) is 30.3 Å². The summed E-state index contributed by atoms with van der Waals surface area (Å²) in [5.74, 6) is 0.517. The van der Waals surface area contributed by atoms with E-state index in [1.54, 1.807) is 0 Å². The Morgan fingerprint density at radius 2 is 1.79 bits per heavy atom. The quantitative estimate of drug-likeness (QED) is 0.419. The van der Waals surface area contributed by atoms with Gasteiger partial charge in [0.1, 0.15) is 5.82 Å². The number of nitrogens with zero attached hydrogens (tertiary/aromatic N) is 3. The van der Waals surface area contributed by atoms with Crippen LogP contribution in [0.3, 0.4) is 0 Å². The van der Waals surface area contributed by atoms with Gasteiger partial charge in [-0.05, 0) is 36.6 Å². The fraction of sp³-hybridized carbons (Fsp3) is 0.375. The minimum absolute atomic E-state index is 0.0342. The van der Waals surface area contributed by atoms with Gasteiger partial charge in [-0.3, -0.25) is 4.79 Å². The van der Waals surface area contributed by atoms with Gasteiger partial charge in [0.15, 0.2) is 5.16 Å². The lowest BCUT2D eigenvalue weighted by atomic mass is 9.95. The summed E-state index contributed by atoms with van der Waals surface area (Å²) < 4.78 is 40.9. The van der Waals surface area contributed by atoms with Crippen LogP contribution in [-0.2, 0) is 17.4 Å². The monoisotopic (exact) mass is 474 g/mol. The number of carbonyl (C=O) groups excluding carboxylic acids is 1. The molecule has 1 aromatic heterocycles. The standard InChI is InChI=1S/C24H25F3N4OS/c25-24(26,27)18-10-7-11-19(15-18)28-22(32)16-33-23-30-29-21(14-17-8-3-1-4-9-17)31(23)20-12-5-2-6-13-20/h1,3-4,7-11,15,20H,2,5-6,12-14,16H2,(H,28,32). The molecule has 33 heavy (non-hydrogen) atoms. The van der Waals surface area contributed by atoms with Crippen molar-refractivity contribution < 1.29 is 18.0 Å².